The molecule has 0 unspecified atom stereocenters. The van der Waals surface area contributed by atoms with Gasteiger partial charge in [-0.1, -0.05) is 0 Å². The van der Waals surface area contributed by atoms with Crippen molar-refractivity contribution >= 4 is 25.8 Å². The molecule has 2 aromatic carbocycles. The molecule has 0 fully saturated rings. The summed E-state index contributed by atoms with van der Waals surface area (Å²) in [5.74, 6) is 0. The molecule has 0 N–H and O–H groups in total. The number of rotatable bonds is 4. The summed E-state index contributed by atoms with van der Waals surface area (Å²) in [5.41, 5.74) is 0. The second-order valence-corrected chi connectivity index (χ2v) is 16.4. The Morgan fingerprint density at radius 3 is 1.29 bits per heavy atom. The summed E-state index contributed by atoms with van der Waals surface area (Å²) in [6, 6.07) is 22.3. The van der Waals surface area contributed by atoms with Crippen molar-refractivity contribution in [3.63, 3.8) is 0 Å². The summed E-state index contributed by atoms with van der Waals surface area (Å²) < 4.78 is 5.93. The maximum atomic E-state index is 2.37. The Morgan fingerprint density at radius 2 is 1.00 bits per heavy atom. The molecule has 1 heteroatoms. The number of hydrogen-bond acceptors (Lipinski definition) is 0. The fraction of sp³-hybridized carbons (Fsp3) is 0.250. The molecule has 88 valence electrons. The van der Waals surface area contributed by atoms with Crippen LogP contribution in [0.25, 0.3) is 0 Å². The summed E-state index contributed by atoms with van der Waals surface area (Å²) in [7, 11) is 0. The molecule has 0 heterocycles. The van der Waals surface area contributed by atoms with Gasteiger partial charge in [0.05, 0.1) is 0 Å². The van der Waals surface area contributed by atoms with Crippen molar-refractivity contribution in [2.45, 2.75) is 22.6 Å². The Labute approximate surface area is 109 Å². The van der Waals surface area contributed by atoms with Crippen LogP contribution in [0.2, 0.25) is 8.73 Å². The van der Waals surface area contributed by atoms with E-state index in [9.17, 15) is 0 Å². The normalized spacial score (nSPS) is 11.4. The third-order valence-electron chi connectivity index (χ3n) is 3.58. The Morgan fingerprint density at radius 1 is 0.647 bits per heavy atom. The predicted molar refractivity (Wildman–Crippen MR) is 78.9 cm³/mol. The first-order valence-corrected chi connectivity index (χ1v) is 12.5. The zero-order chi connectivity index (χ0) is 12.1. The van der Waals surface area contributed by atoms with Crippen molar-refractivity contribution in [2.24, 2.45) is 0 Å². The average molecular weight is 334 g/mol. The Kier molecular flexibility index (Phi) is 4.29. The Hall–Kier alpha value is -0.742. The summed E-state index contributed by atoms with van der Waals surface area (Å²) >= 11 is -2.23. The average Bonchev–Trinajstić information content (AvgIpc) is 2.43. The quantitative estimate of drug-likeness (QED) is 0.753. The molecular formula is C16H20Sb+. The van der Waals surface area contributed by atoms with Gasteiger partial charge in [0.2, 0.25) is 0 Å². The van der Waals surface area contributed by atoms with E-state index in [1.165, 1.54) is 8.73 Å². The van der Waals surface area contributed by atoms with E-state index in [2.05, 4.69) is 74.5 Å². The van der Waals surface area contributed by atoms with Crippen LogP contribution in [-0.2, 0) is 0 Å². The van der Waals surface area contributed by atoms with Gasteiger partial charge in [-0.05, 0) is 0 Å². The van der Waals surface area contributed by atoms with E-state index < -0.39 is 18.8 Å². The molecule has 2 aromatic rings. The Bertz CT molecular complexity index is 402. The molecule has 0 nitrogen and oxygen atoms in total. The van der Waals surface area contributed by atoms with Gasteiger partial charge in [0.25, 0.3) is 0 Å². The molecule has 0 amide bonds. The number of hydrogen-bond donors (Lipinski definition) is 0. The maximum absolute atomic E-state index is 2.37. The van der Waals surface area contributed by atoms with E-state index in [4.69, 9.17) is 0 Å². The van der Waals surface area contributed by atoms with Crippen LogP contribution in [0.4, 0.5) is 0 Å². The van der Waals surface area contributed by atoms with Gasteiger partial charge in [-0.3, -0.25) is 0 Å². The molecule has 0 aliphatic rings. The van der Waals surface area contributed by atoms with E-state index >= 15 is 0 Å². The van der Waals surface area contributed by atoms with Crippen molar-refractivity contribution in [1.82, 2.24) is 0 Å². The molecule has 0 aliphatic carbocycles. The molecule has 17 heavy (non-hydrogen) atoms. The minimum absolute atomic E-state index is 1.34. The van der Waals surface area contributed by atoms with Crippen molar-refractivity contribution in [3.05, 3.63) is 60.7 Å². The van der Waals surface area contributed by atoms with Crippen molar-refractivity contribution in [2.75, 3.05) is 0 Å². The van der Waals surface area contributed by atoms with Gasteiger partial charge in [0.15, 0.2) is 0 Å². The molecule has 0 radical (unpaired) electrons. The molecule has 0 aromatic heterocycles. The molecule has 0 bridgehead atoms. The van der Waals surface area contributed by atoms with Crippen molar-refractivity contribution in [1.29, 1.82) is 0 Å². The van der Waals surface area contributed by atoms with E-state index in [0.717, 1.165) is 0 Å². The van der Waals surface area contributed by atoms with E-state index in [1.807, 2.05) is 0 Å². The van der Waals surface area contributed by atoms with Crippen LogP contribution in [0.5, 0.6) is 0 Å². The molecule has 0 aliphatic heterocycles. The Balaban J connectivity index is 2.54. The van der Waals surface area contributed by atoms with Crippen LogP contribution in [0, 0.1) is 0 Å². The van der Waals surface area contributed by atoms with Crippen LogP contribution < -0.4 is 7.02 Å². The monoisotopic (exact) mass is 333 g/mol. The van der Waals surface area contributed by atoms with Gasteiger partial charge in [0.1, 0.15) is 0 Å². The van der Waals surface area contributed by atoms with Gasteiger partial charge in [-0.25, -0.2) is 0 Å². The first-order chi connectivity index (χ1) is 8.33. The van der Waals surface area contributed by atoms with Crippen LogP contribution >= 0.6 is 0 Å². The zero-order valence-corrected chi connectivity index (χ0v) is 13.2. The molecule has 0 saturated heterocycles. The summed E-state index contributed by atoms with van der Waals surface area (Å²) in [6.07, 6.45) is 0. The van der Waals surface area contributed by atoms with Crippen LogP contribution in [-0.4, -0.2) is 18.8 Å². The van der Waals surface area contributed by atoms with E-state index in [1.54, 1.807) is 7.02 Å². The summed E-state index contributed by atoms with van der Waals surface area (Å²) in [6.45, 7) is 4.74. The van der Waals surface area contributed by atoms with E-state index in [-0.39, 0.29) is 0 Å². The van der Waals surface area contributed by atoms with Gasteiger partial charge >= 0.3 is 109 Å². The van der Waals surface area contributed by atoms with Crippen molar-refractivity contribution < 1.29 is 0 Å². The fourth-order valence-electron chi connectivity index (χ4n) is 2.53. The minimum atomic E-state index is -2.23. The van der Waals surface area contributed by atoms with Gasteiger partial charge in [-0.2, -0.15) is 0 Å². The molecule has 2 rings (SSSR count). The number of benzene rings is 2. The third-order valence-corrected chi connectivity index (χ3v) is 17.1. The van der Waals surface area contributed by atoms with Gasteiger partial charge < -0.3 is 0 Å². The molecule has 0 spiro atoms. The second-order valence-electron chi connectivity index (χ2n) is 4.27. The molecular weight excluding hydrogens is 314 g/mol. The van der Waals surface area contributed by atoms with Crippen molar-refractivity contribution in [3.8, 4) is 0 Å². The summed E-state index contributed by atoms with van der Waals surface area (Å²) in [4.78, 5) is 0. The zero-order valence-electron chi connectivity index (χ0n) is 10.6. The topological polar surface area (TPSA) is 0 Å². The second kappa shape index (κ2) is 5.73. The third kappa shape index (κ3) is 2.42. The first kappa shape index (κ1) is 12.7. The van der Waals surface area contributed by atoms with Crippen LogP contribution in [0.15, 0.2) is 60.7 Å². The fourth-order valence-corrected chi connectivity index (χ4v) is 13.1. The predicted octanol–water partition coefficient (Wildman–Crippen LogP) is 3.29. The first-order valence-electron chi connectivity index (χ1n) is 6.32. The summed E-state index contributed by atoms with van der Waals surface area (Å²) in [5, 5.41) is 0. The van der Waals surface area contributed by atoms with Gasteiger partial charge in [-0.15, -0.1) is 0 Å². The molecule has 0 saturated carbocycles. The SMILES string of the molecule is C[CH2][Sb+]([CH2]C)([c]1ccccc1)[c]1ccccc1. The standard InChI is InChI=1S/2C6H5.2C2H5.Sb/c2*1-2-4-6-5-3-1;2*1-2;/h2*1-5H;2*1H2,2H3;/q;;;;+1. The van der Waals surface area contributed by atoms with E-state index in [0.29, 0.717) is 0 Å². The van der Waals surface area contributed by atoms with Crippen LogP contribution in [0.3, 0.4) is 0 Å². The van der Waals surface area contributed by atoms with Gasteiger partial charge in [0, 0.05) is 0 Å². The molecule has 0 atom stereocenters. The van der Waals surface area contributed by atoms with Crippen LogP contribution in [0.1, 0.15) is 13.8 Å².